The number of anilines is 1. The number of carbonyl (C=O) groups excluding carboxylic acids is 2. The molecular formula is C17H20ClN3O5. The van der Waals surface area contributed by atoms with E-state index in [1.54, 1.807) is 31.4 Å². The number of amides is 2. The molecule has 0 aliphatic carbocycles. The Morgan fingerprint density at radius 3 is 2.65 bits per heavy atom. The van der Waals surface area contributed by atoms with Crippen LogP contribution in [0.3, 0.4) is 0 Å². The molecule has 2 amide bonds. The van der Waals surface area contributed by atoms with Gasteiger partial charge in [0.1, 0.15) is 6.26 Å². The highest BCUT2D eigenvalue weighted by Crippen LogP contribution is 2.15. The van der Waals surface area contributed by atoms with E-state index in [-0.39, 0.29) is 24.2 Å². The second kappa shape index (κ2) is 9.79. The van der Waals surface area contributed by atoms with Crippen LogP contribution < -0.4 is 5.32 Å². The molecule has 1 aromatic heterocycles. The Morgan fingerprint density at radius 1 is 1.27 bits per heavy atom. The van der Waals surface area contributed by atoms with Crippen molar-refractivity contribution in [3.8, 4) is 0 Å². The van der Waals surface area contributed by atoms with Gasteiger partial charge in [-0.2, -0.15) is 0 Å². The normalized spacial score (nSPS) is 10.4. The summed E-state index contributed by atoms with van der Waals surface area (Å²) in [6.45, 7) is 1.02. The molecule has 0 atom stereocenters. The quantitative estimate of drug-likeness (QED) is 0.557. The van der Waals surface area contributed by atoms with Crippen LogP contribution in [-0.2, 0) is 16.0 Å². The van der Waals surface area contributed by atoms with Crippen molar-refractivity contribution in [1.82, 2.24) is 9.88 Å². The monoisotopic (exact) mass is 381 g/mol. The smallest absolute Gasteiger partial charge is 0.360 e. The van der Waals surface area contributed by atoms with Gasteiger partial charge in [0.2, 0.25) is 5.89 Å². The molecule has 2 aromatic rings. The van der Waals surface area contributed by atoms with Crippen LogP contribution in [-0.4, -0.2) is 49.3 Å². The minimum absolute atomic E-state index is 0.0532. The first-order chi connectivity index (χ1) is 12.5. The summed E-state index contributed by atoms with van der Waals surface area (Å²) >= 11 is 5.85. The number of esters is 1. The molecule has 0 unspecified atom stereocenters. The van der Waals surface area contributed by atoms with Crippen LogP contribution in [0.15, 0.2) is 34.9 Å². The fourth-order valence-corrected chi connectivity index (χ4v) is 2.26. The number of nitrogens with one attached hydrogen (secondary N) is 1. The van der Waals surface area contributed by atoms with E-state index in [2.05, 4.69) is 15.0 Å². The van der Waals surface area contributed by atoms with Crippen LogP contribution in [0.2, 0.25) is 5.02 Å². The van der Waals surface area contributed by atoms with E-state index in [9.17, 15) is 9.59 Å². The number of ether oxygens (including phenoxy) is 2. The molecule has 140 valence electrons. The zero-order chi connectivity index (χ0) is 18.9. The molecule has 0 saturated carbocycles. The molecule has 9 heteroatoms. The molecule has 0 fully saturated rings. The highest BCUT2D eigenvalue weighted by Gasteiger charge is 2.19. The second-order valence-corrected chi connectivity index (χ2v) is 5.76. The van der Waals surface area contributed by atoms with Gasteiger partial charge in [0.15, 0.2) is 5.69 Å². The van der Waals surface area contributed by atoms with Crippen LogP contribution in [0, 0.1) is 0 Å². The molecule has 0 radical (unpaired) electrons. The molecule has 0 aliphatic rings. The molecule has 0 spiro atoms. The number of benzene rings is 1. The predicted molar refractivity (Wildman–Crippen MR) is 95.2 cm³/mol. The lowest BCUT2D eigenvalue weighted by Gasteiger charge is -2.21. The number of aromatic nitrogens is 1. The van der Waals surface area contributed by atoms with Gasteiger partial charge >= 0.3 is 12.0 Å². The maximum atomic E-state index is 12.6. The number of urea groups is 1. The molecule has 26 heavy (non-hydrogen) atoms. The zero-order valence-electron chi connectivity index (χ0n) is 14.5. The van der Waals surface area contributed by atoms with Crippen molar-refractivity contribution in [2.75, 3.05) is 32.7 Å². The summed E-state index contributed by atoms with van der Waals surface area (Å²) in [5, 5.41) is 3.36. The standard InChI is InChI=1S/C17H20ClN3O5/c1-24-9-3-8-21(10-15-20-14(11-26-15)16(22)25-2)17(23)19-13-6-4-12(18)5-7-13/h4-7,11H,3,8-10H2,1-2H3,(H,19,23). The maximum Gasteiger partial charge on any atom is 0.360 e. The number of oxazole rings is 1. The van der Waals surface area contributed by atoms with Crippen molar-refractivity contribution in [1.29, 1.82) is 0 Å². The fraction of sp³-hybridized carbons (Fsp3) is 0.353. The lowest BCUT2D eigenvalue weighted by atomic mass is 10.3. The first kappa shape index (κ1) is 19.7. The lowest BCUT2D eigenvalue weighted by molar-refractivity contribution is 0.0594. The van der Waals surface area contributed by atoms with Gasteiger partial charge in [-0.05, 0) is 30.7 Å². The third kappa shape index (κ3) is 5.75. The maximum absolute atomic E-state index is 12.6. The van der Waals surface area contributed by atoms with E-state index in [0.29, 0.717) is 30.3 Å². The van der Waals surface area contributed by atoms with Gasteiger partial charge in [0.25, 0.3) is 0 Å². The molecule has 2 rings (SSSR count). The molecule has 0 aliphatic heterocycles. The van der Waals surface area contributed by atoms with Gasteiger partial charge in [-0.15, -0.1) is 0 Å². The largest absolute Gasteiger partial charge is 0.464 e. The molecule has 0 bridgehead atoms. The van der Waals surface area contributed by atoms with Crippen molar-refractivity contribution >= 4 is 29.3 Å². The van der Waals surface area contributed by atoms with Crippen molar-refractivity contribution in [2.45, 2.75) is 13.0 Å². The number of carbonyl (C=O) groups is 2. The Hall–Kier alpha value is -2.58. The van der Waals surface area contributed by atoms with Gasteiger partial charge in [-0.25, -0.2) is 14.6 Å². The summed E-state index contributed by atoms with van der Waals surface area (Å²) in [6.07, 6.45) is 1.83. The van der Waals surface area contributed by atoms with Gasteiger partial charge in [0.05, 0.1) is 13.7 Å². The fourth-order valence-electron chi connectivity index (χ4n) is 2.13. The summed E-state index contributed by atoms with van der Waals surface area (Å²) in [5.74, 6) is -0.370. The average Bonchev–Trinajstić information content (AvgIpc) is 3.11. The van der Waals surface area contributed by atoms with Crippen LogP contribution in [0.4, 0.5) is 10.5 Å². The van der Waals surface area contributed by atoms with Crippen LogP contribution in [0.1, 0.15) is 22.8 Å². The summed E-state index contributed by atoms with van der Waals surface area (Å²) in [7, 11) is 2.85. The van der Waals surface area contributed by atoms with E-state index in [1.807, 2.05) is 0 Å². The Balaban J connectivity index is 2.06. The van der Waals surface area contributed by atoms with Crippen LogP contribution in [0.25, 0.3) is 0 Å². The van der Waals surface area contributed by atoms with E-state index in [0.717, 1.165) is 0 Å². The van der Waals surface area contributed by atoms with Crippen molar-refractivity contribution < 1.29 is 23.5 Å². The lowest BCUT2D eigenvalue weighted by Crippen LogP contribution is -2.35. The minimum atomic E-state index is -0.600. The SMILES string of the molecule is COCCCN(Cc1nc(C(=O)OC)co1)C(=O)Nc1ccc(Cl)cc1. The van der Waals surface area contributed by atoms with Crippen molar-refractivity contribution in [3.63, 3.8) is 0 Å². The third-order valence-electron chi connectivity index (χ3n) is 3.43. The van der Waals surface area contributed by atoms with Gasteiger partial charge < -0.3 is 24.1 Å². The van der Waals surface area contributed by atoms with Gasteiger partial charge in [-0.1, -0.05) is 11.6 Å². The van der Waals surface area contributed by atoms with Crippen molar-refractivity contribution in [3.05, 3.63) is 47.1 Å². The second-order valence-electron chi connectivity index (χ2n) is 5.32. The first-order valence-electron chi connectivity index (χ1n) is 7.86. The molecule has 1 aromatic carbocycles. The number of halogens is 1. The van der Waals surface area contributed by atoms with Gasteiger partial charge in [-0.3, -0.25) is 0 Å². The van der Waals surface area contributed by atoms with E-state index in [4.69, 9.17) is 20.8 Å². The van der Waals surface area contributed by atoms with Crippen LogP contribution in [0.5, 0.6) is 0 Å². The molecule has 0 saturated heterocycles. The van der Waals surface area contributed by atoms with Crippen molar-refractivity contribution in [2.24, 2.45) is 0 Å². The number of methoxy groups -OCH3 is 2. The third-order valence-corrected chi connectivity index (χ3v) is 3.68. The van der Waals surface area contributed by atoms with E-state index in [1.165, 1.54) is 18.3 Å². The molecule has 1 heterocycles. The first-order valence-corrected chi connectivity index (χ1v) is 8.24. The Morgan fingerprint density at radius 2 is 2.00 bits per heavy atom. The predicted octanol–water partition coefficient (Wildman–Crippen LogP) is 3.19. The Labute approximate surface area is 156 Å². The Bertz CT molecular complexity index is 732. The summed E-state index contributed by atoms with van der Waals surface area (Å²) in [6, 6.07) is 6.44. The molecular weight excluding hydrogens is 362 g/mol. The Kier molecular flexibility index (Phi) is 7.43. The minimum Gasteiger partial charge on any atom is -0.464 e. The highest BCUT2D eigenvalue weighted by molar-refractivity contribution is 6.30. The number of hydrogen-bond acceptors (Lipinski definition) is 6. The summed E-state index contributed by atoms with van der Waals surface area (Å²) in [5.41, 5.74) is 0.663. The van der Waals surface area contributed by atoms with Gasteiger partial charge in [0, 0.05) is 31.0 Å². The number of nitrogens with zero attached hydrogens (tertiary/aromatic N) is 2. The van der Waals surface area contributed by atoms with E-state index < -0.39 is 5.97 Å². The zero-order valence-corrected chi connectivity index (χ0v) is 15.3. The number of hydrogen-bond donors (Lipinski definition) is 1. The number of rotatable bonds is 8. The molecule has 8 nitrogen and oxygen atoms in total. The summed E-state index contributed by atoms with van der Waals surface area (Å²) < 4.78 is 14.9. The topological polar surface area (TPSA) is 93.9 Å². The van der Waals surface area contributed by atoms with Crippen LogP contribution >= 0.6 is 11.6 Å². The van der Waals surface area contributed by atoms with E-state index >= 15 is 0 Å². The highest BCUT2D eigenvalue weighted by atomic mass is 35.5. The summed E-state index contributed by atoms with van der Waals surface area (Å²) in [4.78, 5) is 29.6. The molecule has 1 N–H and O–H groups in total. The average molecular weight is 382 g/mol.